The Balaban J connectivity index is 1.74. The Morgan fingerprint density at radius 3 is 2.80 bits per heavy atom. The predicted octanol–water partition coefficient (Wildman–Crippen LogP) is 0.555. The van der Waals surface area contributed by atoms with Crippen molar-refractivity contribution in [2.75, 3.05) is 6.54 Å². The molecule has 0 aliphatic rings. The van der Waals surface area contributed by atoms with Gasteiger partial charge in [0.1, 0.15) is 5.76 Å². The summed E-state index contributed by atoms with van der Waals surface area (Å²) in [5, 5.41) is 6.15. The predicted molar refractivity (Wildman–Crippen MR) is 71.0 cm³/mol. The third-order valence-electron chi connectivity index (χ3n) is 2.28. The molecule has 0 atom stereocenters. The summed E-state index contributed by atoms with van der Waals surface area (Å²) in [4.78, 5) is 26.9. The van der Waals surface area contributed by atoms with Crippen LogP contribution in [-0.4, -0.2) is 29.6 Å². The molecule has 0 saturated carbocycles. The van der Waals surface area contributed by atoms with E-state index in [9.17, 15) is 9.59 Å². The largest absolute Gasteiger partial charge is 0.463 e. The number of rotatable bonds is 5. The molecule has 2 rings (SSSR count). The molecule has 0 unspecified atom stereocenters. The smallest absolute Gasteiger partial charge is 0.259 e. The van der Waals surface area contributed by atoms with Crippen LogP contribution in [0, 0.1) is 0 Å². The van der Waals surface area contributed by atoms with Crippen LogP contribution >= 0.6 is 0 Å². The third kappa shape index (κ3) is 4.05. The van der Waals surface area contributed by atoms with Gasteiger partial charge in [-0.1, -0.05) is 0 Å². The molecule has 2 heterocycles. The van der Waals surface area contributed by atoms with E-state index in [1.165, 1.54) is 24.9 Å². The van der Waals surface area contributed by atoms with Crippen LogP contribution in [0.25, 0.3) is 0 Å². The van der Waals surface area contributed by atoms with Crippen LogP contribution < -0.4 is 10.7 Å². The lowest BCUT2D eigenvalue weighted by atomic mass is 10.2. The first-order valence-electron chi connectivity index (χ1n) is 5.79. The lowest BCUT2D eigenvalue weighted by Gasteiger charge is -2.03. The van der Waals surface area contributed by atoms with Crippen molar-refractivity contribution in [3.63, 3.8) is 0 Å². The lowest BCUT2D eigenvalue weighted by molar-refractivity contribution is -0.120. The van der Waals surface area contributed by atoms with Gasteiger partial charge >= 0.3 is 0 Å². The molecule has 0 fully saturated rings. The lowest BCUT2D eigenvalue weighted by Crippen LogP contribution is -2.34. The van der Waals surface area contributed by atoms with Gasteiger partial charge in [-0.05, 0) is 24.3 Å². The zero-order valence-electron chi connectivity index (χ0n) is 10.4. The van der Waals surface area contributed by atoms with Crippen molar-refractivity contribution in [2.45, 2.75) is 0 Å². The number of hydrogen-bond acceptors (Lipinski definition) is 5. The minimum absolute atomic E-state index is 0.170. The molecule has 2 aromatic rings. The molecule has 0 spiro atoms. The molecular formula is C13H12N4O3. The topological polar surface area (TPSA) is 96.6 Å². The van der Waals surface area contributed by atoms with E-state index < -0.39 is 5.91 Å². The molecule has 0 bridgehead atoms. The molecular weight excluding hydrogens is 260 g/mol. The molecule has 7 nitrogen and oxygen atoms in total. The van der Waals surface area contributed by atoms with Gasteiger partial charge in [0.25, 0.3) is 11.8 Å². The second-order valence-electron chi connectivity index (χ2n) is 3.73. The summed E-state index contributed by atoms with van der Waals surface area (Å²) >= 11 is 0. The summed E-state index contributed by atoms with van der Waals surface area (Å²) in [7, 11) is 0. The van der Waals surface area contributed by atoms with E-state index in [0.717, 1.165) is 0 Å². The highest BCUT2D eigenvalue weighted by Crippen LogP contribution is 1.95. The van der Waals surface area contributed by atoms with E-state index in [4.69, 9.17) is 4.42 Å². The second kappa shape index (κ2) is 6.83. The summed E-state index contributed by atoms with van der Waals surface area (Å²) in [5.41, 5.74) is 2.71. The van der Waals surface area contributed by atoms with Crippen molar-refractivity contribution >= 4 is 18.0 Å². The minimum Gasteiger partial charge on any atom is -0.463 e. The fourth-order valence-electron chi connectivity index (χ4n) is 1.34. The highest BCUT2D eigenvalue weighted by molar-refractivity contribution is 5.96. The van der Waals surface area contributed by atoms with Crippen molar-refractivity contribution in [2.24, 2.45) is 5.10 Å². The van der Waals surface area contributed by atoms with Crippen LogP contribution in [0.3, 0.4) is 0 Å². The number of nitrogens with one attached hydrogen (secondary N) is 2. The van der Waals surface area contributed by atoms with Gasteiger partial charge < -0.3 is 9.73 Å². The minimum atomic E-state index is -0.435. The van der Waals surface area contributed by atoms with Crippen LogP contribution in [0.1, 0.15) is 16.1 Å². The second-order valence-corrected chi connectivity index (χ2v) is 3.73. The number of amides is 2. The number of hydrazone groups is 1. The summed E-state index contributed by atoms with van der Waals surface area (Å²) in [6.07, 6.45) is 5.87. The molecule has 0 radical (unpaired) electrons. The van der Waals surface area contributed by atoms with Gasteiger partial charge in [-0.3, -0.25) is 14.6 Å². The Bertz CT molecular complexity index is 593. The molecule has 0 aromatic carbocycles. The molecule has 0 saturated heterocycles. The van der Waals surface area contributed by atoms with Gasteiger partial charge in [-0.2, -0.15) is 5.10 Å². The average Bonchev–Trinajstić information content (AvgIpc) is 2.99. The highest BCUT2D eigenvalue weighted by atomic mass is 16.3. The molecule has 0 aliphatic heterocycles. The quantitative estimate of drug-likeness (QED) is 0.613. The first kappa shape index (κ1) is 13.5. The van der Waals surface area contributed by atoms with Gasteiger partial charge in [0.15, 0.2) is 0 Å². The monoisotopic (exact) mass is 272 g/mol. The average molecular weight is 272 g/mol. The van der Waals surface area contributed by atoms with Gasteiger partial charge in [0, 0.05) is 18.0 Å². The van der Waals surface area contributed by atoms with Crippen LogP contribution in [0.15, 0.2) is 52.4 Å². The summed E-state index contributed by atoms with van der Waals surface area (Å²) in [5.74, 6) is -0.265. The molecule has 7 heteroatoms. The van der Waals surface area contributed by atoms with E-state index in [2.05, 4.69) is 20.8 Å². The number of hydrogen-bond donors (Lipinski definition) is 2. The fourth-order valence-corrected chi connectivity index (χ4v) is 1.34. The molecule has 0 aliphatic carbocycles. The maximum absolute atomic E-state index is 11.6. The maximum Gasteiger partial charge on any atom is 0.259 e. The highest BCUT2D eigenvalue weighted by Gasteiger charge is 2.06. The first-order chi connectivity index (χ1) is 9.75. The number of aromatic nitrogens is 1. The van der Waals surface area contributed by atoms with Gasteiger partial charge in [-0.25, -0.2) is 5.43 Å². The number of carbonyl (C=O) groups is 2. The Labute approximate surface area is 114 Å². The van der Waals surface area contributed by atoms with Crippen LogP contribution in [-0.2, 0) is 4.79 Å². The Hall–Kier alpha value is -2.96. The number of nitrogens with zero attached hydrogens (tertiary/aromatic N) is 2. The zero-order chi connectivity index (χ0) is 14.2. The van der Waals surface area contributed by atoms with Crippen LogP contribution in [0.2, 0.25) is 0 Å². The Morgan fingerprint density at radius 2 is 2.10 bits per heavy atom. The summed E-state index contributed by atoms with van der Waals surface area (Å²) in [6.45, 7) is -0.170. The van der Waals surface area contributed by atoms with E-state index in [-0.39, 0.29) is 12.5 Å². The van der Waals surface area contributed by atoms with E-state index in [1.54, 1.807) is 24.3 Å². The molecule has 2 amide bonds. The first-order valence-corrected chi connectivity index (χ1v) is 5.79. The molecule has 2 aromatic heterocycles. The number of furan rings is 1. The fraction of sp³-hybridized carbons (Fsp3) is 0.0769. The van der Waals surface area contributed by atoms with E-state index >= 15 is 0 Å². The summed E-state index contributed by atoms with van der Waals surface area (Å²) < 4.78 is 5.00. The van der Waals surface area contributed by atoms with Gasteiger partial charge in [-0.15, -0.1) is 0 Å². The zero-order valence-corrected chi connectivity index (χ0v) is 10.4. The van der Waals surface area contributed by atoms with E-state index in [1.807, 2.05) is 0 Å². The number of carbonyl (C=O) groups excluding carboxylic acids is 2. The van der Waals surface area contributed by atoms with Crippen molar-refractivity contribution in [1.29, 1.82) is 0 Å². The maximum atomic E-state index is 11.6. The van der Waals surface area contributed by atoms with Crippen LogP contribution in [0.5, 0.6) is 0 Å². The van der Waals surface area contributed by atoms with Crippen molar-refractivity contribution in [1.82, 2.24) is 15.7 Å². The molecule has 102 valence electrons. The molecule has 2 N–H and O–H groups in total. The Kier molecular flexibility index (Phi) is 4.60. The van der Waals surface area contributed by atoms with Gasteiger partial charge in [0.2, 0.25) is 0 Å². The summed E-state index contributed by atoms with van der Waals surface area (Å²) in [6, 6.07) is 6.52. The van der Waals surface area contributed by atoms with E-state index in [0.29, 0.717) is 11.3 Å². The molecule has 20 heavy (non-hydrogen) atoms. The standard InChI is InChI=1S/C13H12N4O3/c18-12(17-16-8-11-2-1-7-20-11)9-15-13(19)10-3-5-14-6-4-10/h1-8H,9H2,(H,15,19)(H,17,18)/b16-8-. The van der Waals surface area contributed by atoms with Crippen molar-refractivity contribution in [3.05, 3.63) is 54.2 Å². The Morgan fingerprint density at radius 1 is 1.30 bits per heavy atom. The van der Waals surface area contributed by atoms with Gasteiger partial charge in [0.05, 0.1) is 19.0 Å². The third-order valence-corrected chi connectivity index (χ3v) is 2.28. The van der Waals surface area contributed by atoms with Crippen molar-refractivity contribution < 1.29 is 14.0 Å². The van der Waals surface area contributed by atoms with Crippen LogP contribution in [0.4, 0.5) is 0 Å². The SMILES string of the molecule is O=C(CNC(=O)c1ccncc1)N/N=C\c1ccco1. The van der Waals surface area contributed by atoms with Crippen molar-refractivity contribution in [3.8, 4) is 0 Å². The number of pyridine rings is 1. The normalized spacial score (nSPS) is 10.4.